The maximum Gasteiger partial charge on any atom is 1.00 e. The van der Waals surface area contributed by atoms with Crippen LogP contribution in [0, 0.1) is 0 Å². The number of hydrogen-bond acceptors (Lipinski definition) is 19. The number of anilines is 1. The first-order chi connectivity index (χ1) is 19.6. The van der Waals surface area contributed by atoms with E-state index in [1.54, 1.807) is 0 Å². The summed E-state index contributed by atoms with van der Waals surface area (Å²) in [6.45, 7) is -0.508. The molecule has 3 aromatic rings. The molecule has 0 aliphatic rings. The summed E-state index contributed by atoms with van der Waals surface area (Å²) in [4.78, 5) is -2.29. The van der Waals surface area contributed by atoms with Gasteiger partial charge in [-0.15, -0.1) is 24.8 Å². The zero-order chi connectivity index (χ0) is 31.1. The number of azo groups is 2. The molecule has 0 aliphatic carbocycles. The van der Waals surface area contributed by atoms with Crippen LogP contribution >= 0.6 is 12.3 Å². The zero-order valence-electron chi connectivity index (χ0n) is 23.5. The monoisotopic (exact) mass is 731 g/mol. The number of nitrogens with zero attached hydrogens (tertiary/aromatic N) is 4. The van der Waals surface area contributed by atoms with Crippen molar-refractivity contribution in [1.82, 2.24) is 0 Å². The number of aromatic hydroxyl groups is 1. The third kappa shape index (κ3) is 13.1. The maximum absolute atomic E-state index is 12.5. The predicted octanol–water partition coefficient (Wildman–Crippen LogP) is -6.80. The van der Waals surface area contributed by atoms with Gasteiger partial charge >= 0.3 is 88.7 Å². The minimum Gasteiger partial charge on any atom is -0.744 e. The van der Waals surface area contributed by atoms with Crippen molar-refractivity contribution in [2.24, 2.45) is 20.5 Å². The molecule has 25 heteroatoms. The maximum atomic E-state index is 12.5. The van der Waals surface area contributed by atoms with Crippen LogP contribution in [0.25, 0.3) is 0 Å². The molecule has 0 saturated carbocycles. The molecule has 0 atom stereocenters. The first-order valence-electron chi connectivity index (χ1n) is 10.7. The van der Waals surface area contributed by atoms with Crippen molar-refractivity contribution in [3.63, 3.8) is 0 Å². The van der Waals surface area contributed by atoms with Crippen molar-refractivity contribution in [2.45, 2.75) is 14.7 Å². The van der Waals surface area contributed by atoms with Crippen molar-refractivity contribution in [1.29, 1.82) is 0 Å². The summed E-state index contributed by atoms with van der Waals surface area (Å²) in [6, 6.07) is 9.27. The fraction of sp³-hybridized carbons (Fsp3) is 0.100. The Bertz CT molecular complexity index is 1860. The molecule has 3 rings (SSSR count). The van der Waals surface area contributed by atoms with Crippen molar-refractivity contribution in [3.8, 4) is 5.75 Å². The normalized spacial score (nSPS) is 12.0. The van der Waals surface area contributed by atoms with Crippen molar-refractivity contribution < 1.29 is 147 Å². The molecule has 0 unspecified atom stereocenters. The van der Waals surface area contributed by atoms with Gasteiger partial charge in [0.25, 0.3) is 0 Å². The van der Waals surface area contributed by atoms with Crippen LogP contribution in [0.1, 0.15) is 0 Å². The van der Waals surface area contributed by atoms with Gasteiger partial charge in [-0.2, -0.15) is 0 Å². The Hall–Kier alpha value is -0.580. The molecular formula is C20H16N5Na3O13S4. The molecular weight excluding hydrogens is 715 g/mol. The number of phenols is 1. The number of nitrogen functional groups attached to an aromatic ring is 1. The van der Waals surface area contributed by atoms with E-state index in [0.717, 1.165) is 30.3 Å². The molecule has 0 spiro atoms. The molecule has 0 saturated heterocycles. The molecule has 45 heavy (non-hydrogen) atoms. The minimum absolute atomic E-state index is 0. The van der Waals surface area contributed by atoms with E-state index in [4.69, 9.17) is 5.73 Å². The molecule has 3 N–H and O–H groups in total. The number of phenolic OH excluding ortho intramolecular Hbond substituents is 1. The second-order valence-corrected chi connectivity index (χ2v) is 13.0. The van der Waals surface area contributed by atoms with Gasteiger partial charge in [0.2, 0.25) is 0 Å². The van der Waals surface area contributed by atoms with Gasteiger partial charge in [-0.05, 0) is 36.4 Å². The molecule has 0 bridgehead atoms. The molecule has 0 aliphatic heterocycles. The van der Waals surface area contributed by atoms with Crippen molar-refractivity contribution >= 4 is 70.8 Å². The van der Waals surface area contributed by atoms with Gasteiger partial charge in [0, 0.05) is 6.07 Å². The van der Waals surface area contributed by atoms with Gasteiger partial charge in [-0.3, -0.25) is 9.22 Å². The number of benzene rings is 3. The van der Waals surface area contributed by atoms with Crippen LogP contribution in [0.4, 0.5) is 28.4 Å². The standard InChI is InChI=1S/C20H19N5O13S4.3Na/c21-13-10-18(26)17(11-16(13)24-22-14-3-1-2-4-19(14)41(30,31)32)25-23-15-6-5-12(9-20(15)42(33,34)35)40(28,29)8-7-36-39-38-37-27;;;/h1-6,9-11,26-27H,7-8,21H2,(H,30,31,32)(H,33,34,35);;;/q;3*+1/p-3. The van der Waals surface area contributed by atoms with Crippen LogP contribution in [-0.4, -0.2) is 51.8 Å². The smallest absolute Gasteiger partial charge is 0.744 e. The summed E-state index contributed by atoms with van der Waals surface area (Å²) >= 11 is 0.0598. The molecule has 0 aromatic heterocycles. The molecule has 18 nitrogen and oxygen atoms in total. The summed E-state index contributed by atoms with van der Waals surface area (Å²) in [5.41, 5.74) is 4.20. The summed E-state index contributed by atoms with van der Waals surface area (Å²) in [5, 5.41) is 37.7. The summed E-state index contributed by atoms with van der Waals surface area (Å²) < 4.78 is 103. The van der Waals surface area contributed by atoms with Crippen LogP contribution in [-0.2, 0) is 43.6 Å². The van der Waals surface area contributed by atoms with Crippen LogP contribution in [0.5, 0.6) is 5.75 Å². The Labute approximate surface area is 327 Å². The first kappa shape index (κ1) is 44.4. The Balaban J connectivity index is 0.00000645. The fourth-order valence-electron chi connectivity index (χ4n) is 3.01. The zero-order valence-corrected chi connectivity index (χ0v) is 32.7. The van der Waals surface area contributed by atoms with Gasteiger partial charge in [-0.25, -0.2) is 25.3 Å². The van der Waals surface area contributed by atoms with Crippen molar-refractivity contribution in [3.05, 3.63) is 54.6 Å². The van der Waals surface area contributed by atoms with E-state index in [-0.39, 0.29) is 124 Å². The predicted molar refractivity (Wildman–Crippen MR) is 137 cm³/mol. The van der Waals surface area contributed by atoms with E-state index in [9.17, 15) is 44.7 Å². The molecule has 0 radical (unpaired) electrons. The largest absolute Gasteiger partial charge is 1.00 e. The van der Waals surface area contributed by atoms with Crippen molar-refractivity contribution in [2.75, 3.05) is 18.1 Å². The molecule has 226 valence electrons. The van der Waals surface area contributed by atoms with Crippen LogP contribution in [0.2, 0.25) is 0 Å². The van der Waals surface area contributed by atoms with Gasteiger partial charge in [0.05, 0.1) is 32.7 Å². The minimum atomic E-state index is -5.30. The number of hydrogen-bond donors (Lipinski definition) is 2. The van der Waals surface area contributed by atoms with E-state index in [2.05, 4.69) is 34.0 Å². The van der Waals surface area contributed by atoms with Gasteiger partial charge in [0.15, 0.2) is 22.2 Å². The summed E-state index contributed by atoms with van der Waals surface area (Å²) in [6.07, 6.45) is 0. The Kier molecular flexibility index (Phi) is 19.2. The Morgan fingerprint density at radius 1 is 0.756 bits per heavy atom. The summed E-state index contributed by atoms with van der Waals surface area (Å²) in [7, 11) is -14.4. The molecule has 0 amide bonds. The van der Waals surface area contributed by atoms with E-state index in [1.165, 1.54) is 18.2 Å². The molecule has 0 heterocycles. The van der Waals surface area contributed by atoms with E-state index >= 15 is 0 Å². The Morgan fingerprint density at radius 3 is 1.91 bits per heavy atom. The third-order valence-corrected chi connectivity index (χ3v) is 8.69. The van der Waals surface area contributed by atoms with Gasteiger partial charge in [-0.1, -0.05) is 12.1 Å². The SMILES string of the molecule is Nc1cc(O)c(N=Nc2ccc(S(=O)(=O)CCOSOO[O-])cc2S(=O)(=O)[O-])cc1N=Nc1ccccc1S(=O)(=O)[O-].[Na+].[Na+].[Na+]. The number of rotatable bonds is 13. The van der Waals surface area contributed by atoms with E-state index in [0.29, 0.717) is 6.07 Å². The number of sulfone groups is 1. The van der Waals surface area contributed by atoms with Crippen LogP contribution in [0.15, 0.2) is 89.7 Å². The topological polar surface area (TPSA) is 295 Å². The van der Waals surface area contributed by atoms with E-state index in [1.807, 2.05) is 0 Å². The van der Waals surface area contributed by atoms with Gasteiger partial charge in [0.1, 0.15) is 48.7 Å². The first-order valence-corrected chi connectivity index (χ1v) is 15.9. The Morgan fingerprint density at radius 2 is 1.31 bits per heavy atom. The second kappa shape index (κ2) is 19.4. The van der Waals surface area contributed by atoms with E-state index < -0.39 is 68.6 Å². The molecule has 0 fully saturated rings. The molecule has 3 aromatic carbocycles. The second-order valence-electron chi connectivity index (χ2n) is 7.65. The third-order valence-electron chi connectivity index (χ3n) is 4.89. The summed E-state index contributed by atoms with van der Waals surface area (Å²) in [5.74, 6) is -1.28. The van der Waals surface area contributed by atoms with Crippen LogP contribution in [0.3, 0.4) is 0 Å². The van der Waals surface area contributed by atoms with Crippen LogP contribution < -0.4 is 99.7 Å². The van der Waals surface area contributed by atoms with Gasteiger partial charge < -0.3 is 25.2 Å². The number of nitrogens with two attached hydrogens (primary N) is 1. The average Bonchev–Trinajstić information content (AvgIpc) is 2.91. The fourth-order valence-corrected chi connectivity index (χ4v) is 5.76. The quantitative estimate of drug-likeness (QED) is 0.0241. The average molecular weight is 732 g/mol.